The van der Waals surface area contributed by atoms with E-state index in [9.17, 15) is 9.90 Å². The van der Waals surface area contributed by atoms with Crippen LogP contribution in [0.5, 0.6) is 5.75 Å². The molecule has 4 nitrogen and oxygen atoms in total. The van der Waals surface area contributed by atoms with Crippen molar-refractivity contribution < 1.29 is 19.4 Å². The Bertz CT molecular complexity index is 551. The molecule has 0 aliphatic carbocycles. The lowest BCUT2D eigenvalue weighted by Gasteiger charge is -1.98. The molecule has 1 aromatic carbocycles. The van der Waals surface area contributed by atoms with Gasteiger partial charge in [0.1, 0.15) is 11.3 Å². The molecule has 4 heteroatoms. The van der Waals surface area contributed by atoms with Crippen LogP contribution in [0.2, 0.25) is 0 Å². The summed E-state index contributed by atoms with van der Waals surface area (Å²) >= 11 is 0. The average molecular weight is 206 g/mol. The van der Waals surface area contributed by atoms with Gasteiger partial charge in [0.05, 0.1) is 5.39 Å². The van der Waals surface area contributed by atoms with Crippen molar-refractivity contribution in [3.8, 4) is 5.75 Å². The first-order valence-electron chi connectivity index (χ1n) is 4.47. The van der Waals surface area contributed by atoms with Gasteiger partial charge in [-0.15, -0.1) is 0 Å². The fraction of sp³-hybridized carbons (Fsp3) is 0.182. The Balaban J connectivity index is 2.89. The zero-order valence-corrected chi connectivity index (χ0v) is 8.37. The Labute approximate surface area is 85.8 Å². The summed E-state index contributed by atoms with van der Waals surface area (Å²) in [5, 5.41) is 19.1. The van der Waals surface area contributed by atoms with Gasteiger partial charge in [-0.1, -0.05) is 6.07 Å². The summed E-state index contributed by atoms with van der Waals surface area (Å²) in [5.74, 6) is -1.16. The maximum absolute atomic E-state index is 10.8. The van der Waals surface area contributed by atoms with Crippen LogP contribution in [0.4, 0.5) is 0 Å². The lowest BCUT2D eigenvalue weighted by Crippen LogP contribution is -1.95. The highest BCUT2D eigenvalue weighted by atomic mass is 16.4. The summed E-state index contributed by atoms with van der Waals surface area (Å²) in [7, 11) is 0. The summed E-state index contributed by atoms with van der Waals surface area (Å²) in [5.41, 5.74) is 1.55. The van der Waals surface area contributed by atoms with Crippen LogP contribution >= 0.6 is 0 Å². The normalized spacial score (nSPS) is 10.8. The van der Waals surface area contributed by atoms with E-state index in [1.165, 1.54) is 0 Å². The van der Waals surface area contributed by atoms with Crippen molar-refractivity contribution in [2.24, 2.45) is 0 Å². The molecule has 0 unspecified atom stereocenters. The van der Waals surface area contributed by atoms with Gasteiger partial charge in [0.25, 0.3) is 0 Å². The van der Waals surface area contributed by atoms with E-state index in [-0.39, 0.29) is 11.5 Å². The summed E-state index contributed by atoms with van der Waals surface area (Å²) in [6, 6.07) is 3.34. The molecule has 0 fully saturated rings. The van der Waals surface area contributed by atoms with Crippen LogP contribution in [0.25, 0.3) is 11.0 Å². The zero-order chi connectivity index (χ0) is 11.2. The standard InChI is InChI=1S/C11H10O4/c1-5-3-4-7-8(9(5)12)6(2)10(15-7)11(13)14/h3-4,12H,1-2H3,(H,13,14). The van der Waals surface area contributed by atoms with Crippen molar-refractivity contribution in [3.05, 3.63) is 29.0 Å². The van der Waals surface area contributed by atoms with E-state index in [4.69, 9.17) is 9.52 Å². The van der Waals surface area contributed by atoms with Crippen LogP contribution < -0.4 is 0 Å². The number of phenols is 1. The van der Waals surface area contributed by atoms with E-state index in [0.717, 1.165) is 0 Å². The molecule has 0 saturated heterocycles. The summed E-state index contributed by atoms with van der Waals surface area (Å²) in [6.07, 6.45) is 0. The Hall–Kier alpha value is -1.97. The van der Waals surface area contributed by atoms with Crippen LogP contribution in [-0.4, -0.2) is 16.2 Å². The Kier molecular flexibility index (Phi) is 1.93. The molecule has 1 aromatic heterocycles. The maximum Gasteiger partial charge on any atom is 0.372 e. The Morgan fingerprint density at radius 1 is 1.33 bits per heavy atom. The fourth-order valence-corrected chi connectivity index (χ4v) is 1.63. The van der Waals surface area contributed by atoms with Gasteiger partial charge in [0, 0.05) is 5.56 Å². The number of carboxylic acid groups (broad SMARTS) is 1. The lowest BCUT2D eigenvalue weighted by atomic mass is 10.1. The minimum Gasteiger partial charge on any atom is -0.507 e. The molecule has 0 radical (unpaired) electrons. The highest BCUT2D eigenvalue weighted by molar-refractivity contribution is 5.97. The van der Waals surface area contributed by atoms with Crippen LogP contribution in [0.3, 0.4) is 0 Å². The van der Waals surface area contributed by atoms with Gasteiger partial charge >= 0.3 is 5.97 Å². The number of aromatic carboxylic acids is 1. The molecule has 2 aromatic rings. The molecule has 2 rings (SSSR count). The van der Waals surface area contributed by atoms with Gasteiger partial charge in [0.15, 0.2) is 0 Å². The highest BCUT2D eigenvalue weighted by Gasteiger charge is 2.19. The second-order valence-electron chi connectivity index (χ2n) is 3.47. The minimum atomic E-state index is -1.12. The van der Waals surface area contributed by atoms with Crippen LogP contribution in [0, 0.1) is 13.8 Å². The monoisotopic (exact) mass is 206 g/mol. The average Bonchev–Trinajstić information content (AvgIpc) is 2.50. The quantitative estimate of drug-likeness (QED) is 0.751. The zero-order valence-electron chi connectivity index (χ0n) is 8.37. The van der Waals surface area contributed by atoms with Gasteiger partial charge in [-0.05, 0) is 25.5 Å². The topological polar surface area (TPSA) is 70.7 Å². The minimum absolute atomic E-state index is 0.0845. The predicted octanol–water partition coefficient (Wildman–Crippen LogP) is 2.45. The van der Waals surface area contributed by atoms with Crippen molar-refractivity contribution in [1.29, 1.82) is 0 Å². The van der Waals surface area contributed by atoms with Gasteiger partial charge in [-0.3, -0.25) is 0 Å². The van der Waals surface area contributed by atoms with Gasteiger partial charge < -0.3 is 14.6 Å². The van der Waals surface area contributed by atoms with Crippen LogP contribution in [-0.2, 0) is 0 Å². The molecule has 0 amide bonds. The third-order valence-corrected chi connectivity index (χ3v) is 2.46. The molecule has 0 aliphatic heterocycles. The van der Waals surface area contributed by atoms with Gasteiger partial charge in [-0.2, -0.15) is 0 Å². The predicted molar refractivity (Wildman–Crippen MR) is 54.3 cm³/mol. The second kappa shape index (κ2) is 3.02. The highest BCUT2D eigenvalue weighted by Crippen LogP contribution is 2.34. The number of benzene rings is 1. The number of fused-ring (bicyclic) bond motifs is 1. The molecule has 2 N–H and O–H groups in total. The van der Waals surface area contributed by atoms with Crippen molar-refractivity contribution in [1.82, 2.24) is 0 Å². The molecular formula is C11H10O4. The first-order chi connectivity index (χ1) is 7.02. The third kappa shape index (κ3) is 1.26. The summed E-state index contributed by atoms with van der Waals surface area (Å²) in [4.78, 5) is 10.8. The first-order valence-corrected chi connectivity index (χ1v) is 4.47. The Morgan fingerprint density at radius 3 is 2.60 bits per heavy atom. The largest absolute Gasteiger partial charge is 0.507 e. The number of aromatic hydroxyl groups is 1. The SMILES string of the molecule is Cc1ccc2oc(C(=O)O)c(C)c2c1O. The van der Waals surface area contributed by atoms with Crippen LogP contribution in [0.15, 0.2) is 16.5 Å². The smallest absolute Gasteiger partial charge is 0.372 e. The molecular weight excluding hydrogens is 196 g/mol. The molecule has 0 saturated carbocycles. The van der Waals surface area contributed by atoms with E-state index >= 15 is 0 Å². The second-order valence-corrected chi connectivity index (χ2v) is 3.47. The van der Waals surface area contributed by atoms with Crippen molar-refractivity contribution >= 4 is 16.9 Å². The molecule has 1 heterocycles. The van der Waals surface area contributed by atoms with Crippen molar-refractivity contribution in [2.75, 3.05) is 0 Å². The number of aryl methyl sites for hydroxylation is 2. The van der Waals surface area contributed by atoms with E-state index in [2.05, 4.69) is 0 Å². The molecule has 0 atom stereocenters. The number of rotatable bonds is 1. The Morgan fingerprint density at radius 2 is 2.00 bits per heavy atom. The summed E-state index contributed by atoms with van der Waals surface area (Å²) in [6.45, 7) is 3.37. The van der Waals surface area contributed by atoms with E-state index in [1.54, 1.807) is 26.0 Å². The number of furan rings is 1. The van der Waals surface area contributed by atoms with Gasteiger partial charge in [0.2, 0.25) is 5.76 Å². The van der Waals surface area contributed by atoms with E-state index < -0.39 is 5.97 Å². The van der Waals surface area contributed by atoms with Crippen LogP contribution in [0.1, 0.15) is 21.7 Å². The number of hydrogen-bond donors (Lipinski definition) is 2. The number of hydrogen-bond acceptors (Lipinski definition) is 3. The fourth-order valence-electron chi connectivity index (χ4n) is 1.63. The molecule has 0 bridgehead atoms. The molecule has 0 spiro atoms. The van der Waals surface area contributed by atoms with Crippen molar-refractivity contribution in [3.63, 3.8) is 0 Å². The number of phenolic OH excluding ortho intramolecular Hbond substituents is 1. The number of carbonyl (C=O) groups is 1. The molecule has 78 valence electrons. The molecule has 15 heavy (non-hydrogen) atoms. The number of carboxylic acids is 1. The van der Waals surface area contributed by atoms with Gasteiger partial charge in [-0.25, -0.2) is 4.79 Å². The summed E-state index contributed by atoms with van der Waals surface area (Å²) < 4.78 is 5.14. The van der Waals surface area contributed by atoms with Crippen molar-refractivity contribution in [2.45, 2.75) is 13.8 Å². The third-order valence-electron chi connectivity index (χ3n) is 2.46. The maximum atomic E-state index is 10.8. The van der Waals surface area contributed by atoms with E-state index in [0.29, 0.717) is 22.1 Å². The lowest BCUT2D eigenvalue weighted by molar-refractivity contribution is 0.0664. The van der Waals surface area contributed by atoms with E-state index in [1.807, 2.05) is 0 Å². The molecule has 0 aliphatic rings. The first kappa shape index (κ1) is 9.58.